The SMILES string of the molecule is C=CCCOC(=O)CC(C(=O)OCCCCCCCCCCC)S(=O)(=O)[O-].[Na+]. The molecule has 158 valence electrons. The van der Waals surface area contributed by atoms with Gasteiger partial charge in [0.1, 0.15) is 10.1 Å². The monoisotopic (exact) mass is 428 g/mol. The Labute approximate surface area is 191 Å². The zero-order chi connectivity index (χ0) is 20.5. The molecule has 1 atom stereocenters. The maximum atomic E-state index is 11.9. The maximum absolute atomic E-state index is 11.9. The molecule has 0 aromatic heterocycles. The minimum absolute atomic E-state index is 0. The van der Waals surface area contributed by atoms with Gasteiger partial charge >= 0.3 is 41.5 Å². The van der Waals surface area contributed by atoms with Gasteiger partial charge in [0.05, 0.1) is 19.6 Å². The molecular formula is C19H33NaO7S. The zero-order valence-electron chi connectivity index (χ0n) is 17.3. The second kappa shape index (κ2) is 18.6. The first-order chi connectivity index (χ1) is 12.8. The van der Waals surface area contributed by atoms with Crippen LogP contribution in [-0.2, 0) is 29.2 Å². The third-order valence-corrected chi connectivity index (χ3v) is 5.10. The van der Waals surface area contributed by atoms with E-state index in [1.165, 1.54) is 38.2 Å². The summed E-state index contributed by atoms with van der Waals surface area (Å²) < 4.78 is 43.3. The van der Waals surface area contributed by atoms with Crippen molar-refractivity contribution in [2.24, 2.45) is 0 Å². The number of hydrogen-bond acceptors (Lipinski definition) is 7. The summed E-state index contributed by atoms with van der Waals surface area (Å²) >= 11 is 0. The predicted molar refractivity (Wildman–Crippen MR) is 102 cm³/mol. The van der Waals surface area contributed by atoms with Gasteiger partial charge in [0.15, 0.2) is 5.25 Å². The van der Waals surface area contributed by atoms with Crippen molar-refractivity contribution in [3.63, 3.8) is 0 Å². The smallest absolute Gasteiger partial charge is 0.747 e. The summed E-state index contributed by atoms with van der Waals surface area (Å²) in [5.74, 6) is -2.12. The summed E-state index contributed by atoms with van der Waals surface area (Å²) in [5.41, 5.74) is 0. The van der Waals surface area contributed by atoms with Crippen molar-refractivity contribution < 1.29 is 61.6 Å². The van der Waals surface area contributed by atoms with Crippen molar-refractivity contribution in [1.29, 1.82) is 0 Å². The number of carbonyl (C=O) groups is 2. The van der Waals surface area contributed by atoms with Gasteiger partial charge in [-0.05, 0) is 12.8 Å². The van der Waals surface area contributed by atoms with Crippen LogP contribution >= 0.6 is 0 Å². The molecule has 1 unspecified atom stereocenters. The molecule has 0 N–H and O–H groups in total. The van der Waals surface area contributed by atoms with E-state index in [4.69, 9.17) is 9.47 Å². The van der Waals surface area contributed by atoms with Gasteiger partial charge in [-0.3, -0.25) is 9.59 Å². The Bertz CT molecular complexity index is 534. The summed E-state index contributed by atoms with van der Waals surface area (Å²) in [6, 6.07) is 0. The quantitative estimate of drug-likeness (QED) is 0.109. The minimum Gasteiger partial charge on any atom is -0.747 e. The number of ether oxygens (including phenoxy) is 2. The van der Waals surface area contributed by atoms with Crippen LogP contribution in [0.5, 0.6) is 0 Å². The van der Waals surface area contributed by atoms with E-state index in [0.717, 1.165) is 19.3 Å². The average molecular weight is 429 g/mol. The van der Waals surface area contributed by atoms with Gasteiger partial charge in [0.25, 0.3) is 0 Å². The van der Waals surface area contributed by atoms with Crippen molar-refractivity contribution in [2.75, 3.05) is 13.2 Å². The summed E-state index contributed by atoms with van der Waals surface area (Å²) in [4.78, 5) is 23.4. The van der Waals surface area contributed by atoms with Gasteiger partial charge in [0.2, 0.25) is 0 Å². The van der Waals surface area contributed by atoms with E-state index in [1.807, 2.05) is 0 Å². The molecule has 0 aliphatic rings. The normalized spacial score (nSPS) is 11.9. The van der Waals surface area contributed by atoms with Crippen LogP contribution < -0.4 is 29.6 Å². The van der Waals surface area contributed by atoms with Crippen LogP contribution in [0, 0.1) is 0 Å². The molecule has 28 heavy (non-hydrogen) atoms. The molecule has 0 saturated carbocycles. The molecule has 0 aliphatic carbocycles. The molecule has 0 rings (SSSR count). The number of rotatable bonds is 17. The molecule has 0 aromatic rings. The van der Waals surface area contributed by atoms with Crippen LogP contribution in [0.2, 0.25) is 0 Å². The fraction of sp³-hybridized carbons (Fsp3) is 0.789. The minimum atomic E-state index is -5.00. The average Bonchev–Trinajstić information content (AvgIpc) is 2.60. The van der Waals surface area contributed by atoms with Gasteiger partial charge in [-0.1, -0.05) is 64.4 Å². The van der Waals surface area contributed by atoms with Crippen LogP contribution in [-0.4, -0.2) is 43.4 Å². The summed E-state index contributed by atoms with van der Waals surface area (Å²) in [7, 11) is -5.00. The standard InChI is InChI=1S/C19H34O7S.Na/c1-3-5-7-8-9-10-11-12-13-15-26-19(21)17(27(22,23)24)16-18(20)25-14-6-4-2;/h4,17H,2-3,5-16H2,1H3,(H,22,23,24);/q;+1/p-1. The predicted octanol–water partition coefficient (Wildman–Crippen LogP) is 0.488. The van der Waals surface area contributed by atoms with Crippen LogP contribution in [0.4, 0.5) is 0 Å². The van der Waals surface area contributed by atoms with E-state index in [2.05, 4.69) is 13.5 Å². The molecule has 0 fully saturated rings. The van der Waals surface area contributed by atoms with E-state index in [9.17, 15) is 22.6 Å². The van der Waals surface area contributed by atoms with Crippen molar-refractivity contribution in [3.05, 3.63) is 12.7 Å². The second-order valence-corrected chi connectivity index (χ2v) is 8.03. The Morgan fingerprint density at radius 1 is 0.964 bits per heavy atom. The molecule has 0 bridgehead atoms. The number of carbonyl (C=O) groups excluding carboxylic acids is 2. The molecule has 9 heteroatoms. The number of hydrogen-bond donors (Lipinski definition) is 0. The molecule has 0 radical (unpaired) electrons. The van der Waals surface area contributed by atoms with Gasteiger partial charge in [-0.2, -0.15) is 0 Å². The molecule has 0 aliphatic heterocycles. The molecule has 0 amide bonds. The Balaban J connectivity index is 0. The summed E-state index contributed by atoms with van der Waals surface area (Å²) in [6.07, 6.45) is 10.8. The fourth-order valence-corrected chi connectivity index (χ4v) is 3.09. The van der Waals surface area contributed by atoms with Crippen LogP contribution in [0.25, 0.3) is 0 Å². The Hall–Kier alpha value is -0.410. The van der Waals surface area contributed by atoms with Gasteiger partial charge < -0.3 is 14.0 Å². The largest absolute Gasteiger partial charge is 1.00 e. The maximum Gasteiger partial charge on any atom is 1.00 e. The van der Waals surface area contributed by atoms with Crippen LogP contribution in [0.1, 0.15) is 77.6 Å². The van der Waals surface area contributed by atoms with E-state index >= 15 is 0 Å². The molecular weight excluding hydrogens is 395 g/mol. The first kappa shape index (κ1) is 29.8. The second-order valence-electron chi connectivity index (χ2n) is 6.48. The van der Waals surface area contributed by atoms with Crippen molar-refractivity contribution in [1.82, 2.24) is 0 Å². The van der Waals surface area contributed by atoms with Crippen molar-refractivity contribution >= 4 is 22.1 Å². The topological polar surface area (TPSA) is 110 Å². The van der Waals surface area contributed by atoms with Crippen molar-refractivity contribution in [2.45, 2.75) is 82.8 Å². The molecule has 0 saturated heterocycles. The third-order valence-electron chi connectivity index (χ3n) is 4.04. The van der Waals surface area contributed by atoms with Crippen LogP contribution in [0.3, 0.4) is 0 Å². The molecule has 0 heterocycles. The van der Waals surface area contributed by atoms with E-state index < -0.39 is 33.7 Å². The number of esters is 2. The zero-order valence-corrected chi connectivity index (χ0v) is 20.1. The van der Waals surface area contributed by atoms with E-state index in [-0.39, 0.29) is 42.8 Å². The molecule has 7 nitrogen and oxygen atoms in total. The fourth-order valence-electron chi connectivity index (χ4n) is 2.45. The first-order valence-corrected chi connectivity index (χ1v) is 11.2. The van der Waals surface area contributed by atoms with E-state index in [0.29, 0.717) is 12.8 Å². The summed E-state index contributed by atoms with van der Waals surface area (Å²) in [5, 5.41) is -2.06. The van der Waals surface area contributed by atoms with E-state index in [1.54, 1.807) is 0 Å². The third kappa shape index (κ3) is 16.5. The summed E-state index contributed by atoms with van der Waals surface area (Å²) in [6.45, 7) is 5.68. The Morgan fingerprint density at radius 2 is 1.50 bits per heavy atom. The van der Waals surface area contributed by atoms with Crippen molar-refractivity contribution in [3.8, 4) is 0 Å². The van der Waals surface area contributed by atoms with Crippen LogP contribution in [0.15, 0.2) is 12.7 Å². The Kier molecular flexibility index (Phi) is 19.8. The van der Waals surface area contributed by atoms with Gasteiger partial charge in [-0.25, -0.2) is 8.42 Å². The van der Waals surface area contributed by atoms with Gasteiger partial charge in [0, 0.05) is 0 Å². The Morgan fingerprint density at radius 3 is 2.00 bits per heavy atom. The number of unbranched alkanes of at least 4 members (excludes halogenated alkanes) is 8. The molecule has 0 spiro atoms. The first-order valence-electron chi connectivity index (χ1n) is 9.70. The van der Waals surface area contributed by atoms with Gasteiger partial charge in [-0.15, -0.1) is 6.58 Å². The molecule has 0 aromatic carbocycles.